The highest BCUT2D eigenvalue weighted by molar-refractivity contribution is 6.08. The number of anilines is 3. The van der Waals surface area contributed by atoms with E-state index in [-0.39, 0.29) is 47.6 Å². The van der Waals surface area contributed by atoms with Crippen LogP contribution in [0.3, 0.4) is 0 Å². The van der Waals surface area contributed by atoms with E-state index in [0.717, 1.165) is 29.4 Å². The lowest BCUT2D eigenvalue weighted by Gasteiger charge is -2.22. The molecule has 0 spiro atoms. The molecular weight excluding hydrogens is 594 g/mol. The number of nitrogens with one attached hydrogen (secondary N) is 2. The highest BCUT2D eigenvalue weighted by Gasteiger charge is 2.23. The number of aliphatic hydroxyl groups excluding tert-OH is 1. The van der Waals surface area contributed by atoms with Gasteiger partial charge in [0, 0.05) is 48.1 Å². The number of nitrogens with zero attached hydrogens (tertiary/aromatic N) is 2. The predicted molar refractivity (Wildman–Crippen MR) is 186 cm³/mol. The fraction of sp³-hybridized carbons (Fsp3) is 0.382. The van der Waals surface area contributed by atoms with Crippen LogP contribution in [0, 0.1) is 0 Å². The zero-order valence-corrected chi connectivity index (χ0v) is 27.5. The molecule has 0 bridgehead atoms. The molecule has 7 N–H and O–H groups in total. The van der Waals surface area contributed by atoms with Crippen molar-refractivity contribution in [2.75, 3.05) is 29.6 Å². The lowest BCUT2D eigenvalue weighted by atomic mass is 9.92. The summed E-state index contributed by atoms with van der Waals surface area (Å²) in [7, 11) is 0. The first-order chi connectivity index (χ1) is 20.7. The van der Waals surface area contributed by atoms with Crippen molar-refractivity contribution in [1.82, 2.24) is 9.55 Å². The van der Waals surface area contributed by atoms with Gasteiger partial charge in [0.05, 0.1) is 6.61 Å². The van der Waals surface area contributed by atoms with Crippen LogP contribution >= 0.6 is 12.4 Å². The van der Waals surface area contributed by atoms with Gasteiger partial charge in [-0.15, -0.1) is 12.4 Å². The Kier molecular flexibility index (Phi) is 13.8. The van der Waals surface area contributed by atoms with Crippen LogP contribution in [0.15, 0.2) is 59.5 Å². The van der Waals surface area contributed by atoms with Crippen LogP contribution in [0.5, 0.6) is 5.75 Å². The SMILES string of the molecule is CCCCn1c(=O)c(NC(=O)Nc2c(C(C)C)cc(N)cc2C(C)C)c(-c2cccc(OCCCO)c2)c2cccnc21.Cl.O. The molecule has 4 aromatic rings. The zero-order valence-electron chi connectivity index (χ0n) is 26.6. The van der Waals surface area contributed by atoms with E-state index < -0.39 is 6.03 Å². The third-order valence-corrected chi connectivity index (χ3v) is 7.39. The van der Waals surface area contributed by atoms with Gasteiger partial charge in [-0.05, 0) is 71.3 Å². The Morgan fingerprint density at radius 1 is 1.00 bits per heavy atom. The maximum absolute atomic E-state index is 14.2. The molecule has 45 heavy (non-hydrogen) atoms. The number of halogens is 1. The molecule has 0 fully saturated rings. The molecule has 0 atom stereocenters. The third-order valence-electron chi connectivity index (χ3n) is 7.39. The average Bonchev–Trinajstić information content (AvgIpc) is 2.98. The van der Waals surface area contributed by atoms with Crippen LogP contribution in [0.25, 0.3) is 22.2 Å². The van der Waals surface area contributed by atoms with E-state index >= 15 is 0 Å². The molecule has 0 aliphatic rings. The molecule has 0 aliphatic heterocycles. The van der Waals surface area contributed by atoms with E-state index in [1.165, 1.54) is 0 Å². The number of fused-ring (bicyclic) bond motifs is 1. The van der Waals surface area contributed by atoms with Gasteiger partial charge in [-0.25, -0.2) is 9.78 Å². The topological polar surface area (TPSA) is 163 Å². The maximum Gasteiger partial charge on any atom is 0.323 e. The first-order valence-corrected chi connectivity index (χ1v) is 15.0. The van der Waals surface area contributed by atoms with Gasteiger partial charge in [-0.3, -0.25) is 9.36 Å². The minimum Gasteiger partial charge on any atom is -0.493 e. The van der Waals surface area contributed by atoms with Crippen LogP contribution < -0.4 is 26.7 Å². The summed E-state index contributed by atoms with van der Waals surface area (Å²) in [6.07, 6.45) is 3.85. The third kappa shape index (κ3) is 8.54. The van der Waals surface area contributed by atoms with Crippen LogP contribution in [0.1, 0.15) is 76.8 Å². The van der Waals surface area contributed by atoms with E-state index in [2.05, 4.69) is 50.2 Å². The van der Waals surface area contributed by atoms with Gasteiger partial charge < -0.3 is 31.7 Å². The van der Waals surface area contributed by atoms with E-state index in [4.69, 9.17) is 10.5 Å². The fourth-order valence-corrected chi connectivity index (χ4v) is 5.24. The van der Waals surface area contributed by atoms with Crippen LogP contribution in [-0.2, 0) is 6.54 Å². The number of unbranched alkanes of at least 4 members (excludes halogenated alkanes) is 1. The van der Waals surface area contributed by atoms with Crippen molar-refractivity contribution < 1.29 is 20.1 Å². The summed E-state index contributed by atoms with van der Waals surface area (Å²) in [6.45, 7) is 11.1. The van der Waals surface area contributed by atoms with Gasteiger partial charge in [0.1, 0.15) is 17.1 Å². The normalized spacial score (nSPS) is 10.8. The lowest BCUT2D eigenvalue weighted by Crippen LogP contribution is -2.30. The van der Waals surface area contributed by atoms with Gasteiger partial charge in [-0.1, -0.05) is 53.2 Å². The second kappa shape index (κ2) is 16.8. The Balaban J connectivity index is 0.00000353. The Morgan fingerprint density at radius 3 is 2.29 bits per heavy atom. The summed E-state index contributed by atoms with van der Waals surface area (Å²) in [5.74, 6) is 0.815. The minimum atomic E-state index is -0.521. The Morgan fingerprint density at radius 2 is 1.67 bits per heavy atom. The van der Waals surface area contributed by atoms with E-state index in [9.17, 15) is 14.7 Å². The molecule has 0 unspecified atom stereocenters. The summed E-state index contributed by atoms with van der Waals surface area (Å²) in [4.78, 5) is 32.5. The second-order valence-electron chi connectivity index (χ2n) is 11.4. The molecule has 4 rings (SSSR count). The number of hydrogen-bond acceptors (Lipinski definition) is 6. The number of urea groups is 1. The number of amides is 2. The molecule has 0 saturated heterocycles. The summed E-state index contributed by atoms with van der Waals surface area (Å²) < 4.78 is 7.48. The number of nitrogen functional groups attached to an aromatic ring is 1. The van der Waals surface area contributed by atoms with E-state index in [1.54, 1.807) is 10.8 Å². The number of hydrogen-bond donors (Lipinski definition) is 4. The Bertz CT molecular complexity index is 1630. The molecule has 0 saturated carbocycles. The maximum atomic E-state index is 14.2. The number of aliphatic hydroxyl groups is 1. The molecule has 0 aliphatic carbocycles. The van der Waals surface area contributed by atoms with E-state index in [1.807, 2.05) is 48.5 Å². The number of carbonyl (C=O) groups is 1. The number of aromatic nitrogens is 2. The van der Waals surface area contributed by atoms with Gasteiger partial charge in [-0.2, -0.15) is 0 Å². The summed E-state index contributed by atoms with van der Waals surface area (Å²) in [5, 5.41) is 15.9. The van der Waals surface area contributed by atoms with E-state index in [0.29, 0.717) is 53.5 Å². The van der Waals surface area contributed by atoms with Crippen molar-refractivity contribution >= 4 is 46.5 Å². The monoisotopic (exact) mass is 639 g/mol. The van der Waals surface area contributed by atoms with Gasteiger partial charge in [0.15, 0.2) is 0 Å². The molecule has 2 amide bonds. The molecule has 2 aromatic heterocycles. The molecule has 2 aromatic carbocycles. The Labute approximate surface area is 270 Å². The largest absolute Gasteiger partial charge is 0.493 e. The first kappa shape index (κ1) is 37.1. The molecule has 2 heterocycles. The van der Waals surface area contributed by atoms with Crippen LogP contribution in [-0.4, -0.2) is 39.4 Å². The lowest BCUT2D eigenvalue weighted by molar-refractivity contribution is 0.233. The van der Waals surface area contributed by atoms with Crippen molar-refractivity contribution in [3.05, 3.63) is 76.2 Å². The van der Waals surface area contributed by atoms with Crippen molar-refractivity contribution in [2.45, 2.75) is 72.3 Å². The number of carbonyl (C=O) groups excluding carboxylic acids is 1. The number of ether oxygens (including phenoxy) is 1. The molecule has 11 heteroatoms. The highest BCUT2D eigenvalue weighted by atomic mass is 35.5. The smallest absolute Gasteiger partial charge is 0.323 e. The number of pyridine rings is 2. The van der Waals surface area contributed by atoms with Gasteiger partial charge in [0.2, 0.25) is 0 Å². The Hall–Kier alpha value is -4.12. The number of aryl methyl sites for hydroxylation is 1. The summed E-state index contributed by atoms with van der Waals surface area (Å²) in [6, 6.07) is 14.4. The zero-order chi connectivity index (χ0) is 31.1. The number of rotatable bonds is 12. The molecule has 0 radical (unpaired) electrons. The van der Waals surface area contributed by atoms with Crippen molar-refractivity contribution in [3.63, 3.8) is 0 Å². The quantitative estimate of drug-likeness (QED) is 0.0996. The van der Waals surface area contributed by atoms with Crippen LogP contribution in [0.2, 0.25) is 0 Å². The summed E-state index contributed by atoms with van der Waals surface area (Å²) >= 11 is 0. The van der Waals surface area contributed by atoms with Crippen molar-refractivity contribution in [3.8, 4) is 16.9 Å². The second-order valence-corrected chi connectivity index (χ2v) is 11.4. The molecule has 244 valence electrons. The molecule has 10 nitrogen and oxygen atoms in total. The average molecular weight is 640 g/mol. The first-order valence-electron chi connectivity index (χ1n) is 15.0. The standard InChI is InChI=1S/C34H43N5O4.ClH.H2O/c1-6-7-15-39-32-26(13-9-14-36-32)29(23-11-8-12-25(18-23)43-17-10-16-40)31(33(39)41)38-34(42)37-30-27(21(2)3)19-24(35)20-28(30)22(4)5;;/h8-9,11-14,18-22,40H,6-7,10,15-17,35H2,1-5H3,(H2,37,38,42);1H;1H2. The van der Waals surface area contributed by atoms with Gasteiger partial charge >= 0.3 is 6.03 Å². The molecular formula is C34H46ClN5O5. The predicted octanol–water partition coefficient (Wildman–Crippen LogP) is 6.69. The minimum absolute atomic E-state index is 0. The van der Waals surface area contributed by atoms with Crippen LogP contribution in [0.4, 0.5) is 21.9 Å². The van der Waals surface area contributed by atoms with Crippen molar-refractivity contribution in [1.29, 1.82) is 0 Å². The van der Waals surface area contributed by atoms with Crippen molar-refractivity contribution in [2.24, 2.45) is 0 Å². The van der Waals surface area contributed by atoms with Gasteiger partial charge in [0.25, 0.3) is 5.56 Å². The number of nitrogens with two attached hydrogens (primary N) is 1. The fourth-order valence-electron chi connectivity index (χ4n) is 5.24. The number of benzene rings is 2. The summed E-state index contributed by atoms with van der Waals surface area (Å²) in [5.41, 5.74) is 11.1. The highest BCUT2D eigenvalue weighted by Crippen LogP contribution is 2.37.